The molecule has 114 valence electrons. The number of nitrogens with zero attached hydrogens (tertiary/aromatic N) is 3. The first-order chi connectivity index (χ1) is 9.38. The minimum Gasteiger partial charge on any atom is -0.300 e. The van der Waals surface area contributed by atoms with Crippen LogP contribution in [0.5, 0.6) is 0 Å². The van der Waals surface area contributed by atoms with E-state index in [1.54, 1.807) is 4.57 Å². The van der Waals surface area contributed by atoms with Crippen LogP contribution >= 0.6 is 0 Å². The van der Waals surface area contributed by atoms with Gasteiger partial charge in [0.25, 0.3) is 15.2 Å². The van der Waals surface area contributed by atoms with Crippen LogP contribution in [0.25, 0.3) is 0 Å². The van der Waals surface area contributed by atoms with Crippen LogP contribution in [0.3, 0.4) is 0 Å². The Morgan fingerprint density at radius 2 is 1.90 bits per heavy atom. The molecule has 0 atom stereocenters. The van der Waals surface area contributed by atoms with Crippen LogP contribution in [-0.2, 0) is 23.0 Å². The zero-order valence-corrected chi connectivity index (χ0v) is 13.1. The molecule has 0 amide bonds. The monoisotopic (exact) mass is 300 g/mol. The molecule has 0 saturated heterocycles. The smallest absolute Gasteiger partial charge is 0.273 e. The molecule has 20 heavy (non-hydrogen) atoms. The van der Waals surface area contributed by atoms with Crippen LogP contribution in [0.1, 0.15) is 51.8 Å². The van der Waals surface area contributed by atoms with Crippen LogP contribution in [0.4, 0.5) is 0 Å². The molecule has 1 aromatic rings. The van der Waals surface area contributed by atoms with Crippen molar-refractivity contribution in [2.45, 2.75) is 64.1 Å². The zero-order chi connectivity index (χ0) is 14.8. The number of aromatic nitrogens is 3. The number of hydrogen-bond donors (Lipinski definition) is 1. The first-order valence-electron chi connectivity index (χ1n) is 7.33. The van der Waals surface area contributed by atoms with Crippen molar-refractivity contribution >= 4 is 10.0 Å². The second kappa shape index (κ2) is 6.22. The zero-order valence-electron chi connectivity index (χ0n) is 12.2. The van der Waals surface area contributed by atoms with Crippen molar-refractivity contribution in [3.8, 4) is 0 Å². The van der Waals surface area contributed by atoms with E-state index in [9.17, 15) is 8.42 Å². The number of primary sulfonamides is 1. The third-order valence-corrected chi connectivity index (χ3v) is 4.60. The van der Waals surface area contributed by atoms with Crippen molar-refractivity contribution < 1.29 is 8.42 Å². The summed E-state index contributed by atoms with van der Waals surface area (Å²) in [5.41, 5.74) is 0. The highest BCUT2D eigenvalue weighted by Gasteiger charge is 2.24. The van der Waals surface area contributed by atoms with Crippen LogP contribution < -0.4 is 5.14 Å². The van der Waals surface area contributed by atoms with Crippen molar-refractivity contribution in [3.63, 3.8) is 0 Å². The largest absolute Gasteiger partial charge is 0.300 e. The van der Waals surface area contributed by atoms with Crippen molar-refractivity contribution in [2.75, 3.05) is 0 Å². The predicted octanol–water partition coefficient (Wildman–Crippen LogP) is 1.70. The van der Waals surface area contributed by atoms with E-state index < -0.39 is 10.0 Å². The summed E-state index contributed by atoms with van der Waals surface area (Å²) in [7, 11) is -3.81. The number of rotatable bonds is 5. The van der Waals surface area contributed by atoms with E-state index in [1.807, 2.05) is 13.8 Å². The van der Waals surface area contributed by atoms with Gasteiger partial charge in [0.1, 0.15) is 5.82 Å². The van der Waals surface area contributed by atoms with Gasteiger partial charge in [0, 0.05) is 13.0 Å². The Hall–Kier alpha value is -0.950. The van der Waals surface area contributed by atoms with Crippen molar-refractivity contribution in [2.24, 2.45) is 17.0 Å². The van der Waals surface area contributed by atoms with Gasteiger partial charge in [-0.2, -0.15) is 0 Å². The van der Waals surface area contributed by atoms with E-state index in [0.29, 0.717) is 18.4 Å². The highest BCUT2D eigenvalue weighted by atomic mass is 32.2. The van der Waals surface area contributed by atoms with Crippen LogP contribution in [0.15, 0.2) is 5.16 Å². The second-order valence-electron chi connectivity index (χ2n) is 6.16. The molecule has 1 saturated carbocycles. The average molecular weight is 300 g/mol. The van der Waals surface area contributed by atoms with Crippen molar-refractivity contribution in [1.29, 1.82) is 0 Å². The highest BCUT2D eigenvalue weighted by molar-refractivity contribution is 7.89. The quantitative estimate of drug-likeness (QED) is 0.896. The molecule has 0 aromatic carbocycles. The van der Waals surface area contributed by atoms with E-state index in [2.05, 4.69) is 10.2 Å². The highest BCUT2D eigenvalue weighted by Crippen LogP contribution is 2.27. The van der Waals surface area contributed by atoms with E-state index in [-0.39, 0.29) is 5.16 Å². The molecule has 2 N–H and O–H groups in total. The molecule has 1 heterocycles. The molecule has 1 fully saturated rings. The molecule has 1 aromatic heterocycles. The van der Waals surface area contributed by atoms with Gasteiger partial charge < -0.3 is 4.57 Å². The third kappa shape index (κ3) is 3.79. The molecule has 1 aliphatic carbocycles. The van der Waals surface area contributed by atoms with Gasteiger partial charge in [-0.25, -0.2) is 13.6 Å². The van der Waals surface area contributed by atoms with Gasteiger partial charge in [-0.3, -0.25) is 0 Å². The molecule has 6 nitrogen and oxygen atoms in total. The molecule has 0 spiro atoms. The summed E-state index contributed by atoms with van der Waals surface area (Å²) in [6.07, 6.45) is 7.00. The van der Waals surface area contributed by atoms with Gasteiger partial charge in [-0.15, -0.1) is 10.2 Å². The van der Waals surface area contributed by atoms with Crippen LogP contribution in [0, 0.1) is 11.8 Å². The summed E-state index contributed by atoms with van der Waals surface area (Å²) in [6.45, 7) is 4.66. The van der Waals surface area contributed by atoms with E-state index in [0.717, 1.165) is 12.2 Å². The minimum absolute atomic E-state index is 0.1000. The number of sulfonamides is 1. The lowest BCUT2D eigenvalue weighted by Crippen LogP contribution is -2.22. The Bertz CT molecular complexity index is 545. The molecule has 7 heteroatoms. The first kappa shape index (κ1) is 15.4. The summed E-state index contributed by atoms with van der Waals surface area (Å²) >= 11 is 0. The fourth-order valence-corrected chi connectivity index (χ4v) is 3.52. The second-order valence-corrected chi connectivity index (χ2v) is 7.61. The topological polar surface area (TPSA) is 90.9 Å². The van der Waals surface area contributed by atoms with Gasteiger partial charge >= 0.3 is 0 Å². The summed E-state index contributed by atoms with van der Waals surface area (Å²) in [5, 5.41) is 13.0. The molecule has 0 bridgehead atoms. The third-order valence-electron chi connectivity index (χ3n) is 3.79. The normalized spacial score (nSPS) is 17.8. The number of nitrogens with two attached hydrogens (primary N) is 1. The SMILES string of the molecule is CC(C)Cn1c(CC2CCCCC2)nnc1S(N)(=O)=O. The molecule has 0 radical (unpaired) electrons. The van der Waals surface area contributed by atoms with Crippen molar-refractivity contribution in [3.05, 3.63) is 5.82 Å². The summed E-state index contributed by atoms with van der Waals surface area (Å²) in [5.74, 6) is 1.67. The maximum atomic E-state index is 11.6. The molecule has 0 unspecified atom stereocenters. The average Bonchev–Trinajstić information content (AvgIpc) is 2.72. The van der Waals surface area contributed by atoms with E-state index >= 15 is 0 Å². The fraction of sp³-hybridized carbons (Fsp3) is 0.846. The first-order valence-corrected chi connectivity index (χ1v) is 8.87. The Balaban J connectivity index is 2.25. The van der Waals surface area contributed by atoms with Gasteiger partial charge in [0.15, 0.2) is 0 Å². The lowest BCUT2D eigenvalue weighted by Gasteiger charge is -2.21. The van der Waals surface area contributed by atoms with Gasteiger partial charge in [-0.05, 0) is 11.8 Å². The predicted molar refractivity (Wildman–Crippen MR) is 76.5 cm³/mol. The lowest BCUT2D eigenvalue weighted by molar-refractivity contribution is 0.343. The maximum Gasteiger partial charge on any atom is 0.273 e. The Labute approximate surface area is 120 Å². The maximum absolute atomic E-state index is 11.6. The fourth-order valence-electron chi connectivity index (χ4n) is 2.88. The van der Waals surface area contributed by atoms with Gasteiger partial charge in [0.2, 0.25) is 0 Å². The van der Waals surface area contributed by atoms with Crippen molar-refractivity contribution in [1.82, 2.24) is 14.8 Å². The molecule has 1 aliphatic rings. The van der Waals surface area contributed by atoms with E-state index in [1.165, 1.54) is 32.1 Å². The molecular formula is C13H24N4O2S. The standard InChI is InChI=1S/C13H24N4O2S/c1-10(2)9-17-12(8-11-6-4-3-5-7-11)15-16-13(17)20(14,18)19/h10-11H,3-9H2,1-2H3,(H2,14,18,19). The Kier molecular flexibility index (Phi) is 4.80. The Morgan fingerprint density at radius 3 is 2.45 bits per heavy atom. The lowest BCUT2D eigenvalue weighted by atomic mass is 9.87. The summed E-state index contributed by atoms with van der Waals surface area (Å²) in [4.78, 5) is 0. The summed E-state index contributed by atoms with van der Waals surface area (Å²) in [6, 6.07) is 0. The van der Waals surface area contributed by atoms with Crippen LogP contribution in [0.2, 0.25) is 0 Å². The van der Waals surface area contributed by atoms with Gasteiger partial charge in [-0.1, -0.05) is 46.0 Å². The molecular weight excluding hydrogens is 276 g/mol. The van der Waals surface area contributed by atoms with E-state index in [4.69, 9.17) is 5.14 Å². The minimum atomic E-state index is -3.81. The summed E-state index contributed by atoms with van der Waals surface area (Å²) < 4.78 is 24.9. The molecule has 2 rings (SSSR count). The Morgan fingerprint density at radius 1 is 1.25 bits per heavy atom. The molecule has 0 aliphatic heterocycles. The van der Waals surface area contributed by atoms with Crippen LogP contribution in [-0.4, -0.2) is 23.2 Å². The number of hydrogen-bond acceptors (Lipinski definition) is 4. The van der Waals surface area contributed by atoms with Gasteiger partial charge in [0.05, 0.1) is 0 Å².